The van der Waals surface area contributed by atoms with E-state index in [0.29, 0.717) is 17.7 Å². The highest BCUT2D eigenvalue weighted by Gasteiger charge is 2.30. The summed E-state index contributed by atoms with van der Waals surface area (Å²) >= 11 is 1.50. The second-order valence-corrected chi connectivity index (χ2v) is 9.41. The molecule has 0 unspecified atom stereocenters. The molecule has 0 saturated carbocycles. The Bertz CT molecular complexity index is 1100. The van der Waals surface area contributed by atoms with Gasteiger partial charge in [0.25, 0.3) is 0 Å². The van der Waals surface area contributed by atoms with E-state index in [1.165, 1.54) is 33.9 Å². The van der Waals surface area contributed by atoms with Gasteiger partial charge in [0.1, 0.15) is 11.9 Å². The maximum Gasteiger partial charge on any atom is 0.242 e. The molecule has 0 spiro atoms. The molecule has 0 heterocycles. The Labute approximate surface area is 205 Å². The first kappa shape index (κ1) is 25.5. The first-order valence-corrected chi connectivity index (χ1v) is 12.5. The van der Waals surface area contributed by atoms with Gasteiger partial charge in [0.2, 0.25) is 11.8 Å². The molecule has 0 aliphatic carbocycles. The number of amides is 2. The number of aryl methyl sites for hydroxylation is 2. The highest BCUT2D eigenvalue weighted by atomic mass is 32.2. The molecule has 3 rings (SSSR count). The molecule has 0 aliphatic heterocycles. The molecule has 0 fully saturated rings. The number of rotatable bonds is 10. The molecular formula is C28H31FN2O2S. The van der Waals surface area contributed by atoms with Crippen molar-refractivity contribution < 1.29 is 14.0 Å². The van der Waals surface area contributed by atoms with Crippen LogP contribution in [0.1, 0.15) is 27.8 Å². The van der Waals surface area contributed by atoms with Gasteiger partial charge >= 0.3 is 0 Å². The fourth-order valence-corrected chi connectivity index (χ4v) is 4.87. The van der Waals surface area contributed by atoms with E-state index in [4.69, 9.17) is 0 Å². The van der Waals surface area contributed by atoms with Gasteiger partial charge in [0.15, 0.2) is 0 Å². The van der Waals surface area contributed by atoms with E-state index >= 15 is 0 Å². The second kappa shape index (κ2) is 12.4. The molecule has 178 valence electrons. The zero-order valence-corrected chi connectivity index (χ0v) is 20.7. The minimum Gasteiger partial charge on any atom is -0.357 e. The number of thioether (sulfide) groups is 1. The van der Waals surface area contributed by atoms with Crippen molar-refractivity contribution in [1.82, 2.24) is 10.2 Å². The van der Waals surface area contributed by atoms with E-state index in [1.807, 2.05) is 30.3 Å². The van der Waals surface area contributed by atoms with Crippen LogP contribution >= 0.6 is 11.8 Å². The summed E-state index contributed by atoms with van der Waals surface area (Å²) in [5.74, 6) is 0.0306. The monoisotopic (exact) mass is 478 g/mol. The van der Waals surface area contributed by atoms with Crippen LogP contribution in [0.25, 0.3) is 0 Å². The molecule has 4 nitrogen and oxygen atoms in total. The van der Waals surface area contributed by atoms with Crippen molar-refractivity contribution in [3.63, 3.8) is 0 Å². The first-order chi connectivity index (χ1) is 16.4. The van der Waals surface area contributed by atoms with Crippen molar-refractivity contribution in [3.05, 3.63) is 106 Å². The summed E-state index contributed by atoms with van der Waals surface area (Å²) < 4.78 is 14.5. The Morgan fingerprint density at radius 3 is 2.24 bits per heavy atom. The smallest absolute Gasteiger partial charge is 0.242 e. The number of benzene rings is 3. The van der Waals surface area contributed by atoms with E-state index in [-0.39, 0.29) is 24.1 Å². The van der Waals surface area contributed by atoms with Gasteiger partial charge in [-0.05, 0) is 31.0 Å². The summed E-state index contributed by atoms with van der Waals surface area (Å²) in [4.78, 5) is 27.9. The third-order valence-electron chi connectivity index (χ3n) is 5.59. The number of halogens is 1. The van der Waals surface area contributed by atoms with Gasteiger partial charge < -0.3 is 10.2 Å². The van der Waals surface area contributed by atoms with Crippen LogP contribution in [0.3, 0.4) is 0 Å². The molecule has 0 bridgehead atoms. The van der Waals surface area contributed by atoms with Crippen LogP contribution in [0.15, 0.2) is 72.8 Å². The van der Waals surface area contributed by atoms with Crippen LogP contribution in [0.4, 0.5) is 4.39 Å². The Morgan fingerprint density at radius 1 is 0.941 bits per heavy atom. The minimum absolute atomic E-state index is 0.0283. The number of likely N-dealkylation sites (N-methyl/N-ethyl adjacent to an activating group) is 1. The lowest BCUT2D eigenvalue weighted by Gasteiger charge is -2.31. The van der Waals surface area contributed by atoms with Gasteiger partial charge in [-0.3, -0.25) is 9.59 Å². The summed E-state index contributed by atoms with van der Waals surface area (Å²) in [6, 6.07) is 21.5. The van der Waals surface area contributed by atoms with Crippen LogP contribution in [0.5, 0.6) is 0 Å². The van der Waals surface area contributed by atoms with Gasteiger partial charge in [-0.1, -0.05) is 77.9 Å². The maximum absolute atomic E-state index is 14.5. The van der Waals surface area contributed by atoms with E-state index in [1.54, 1.807) is 25.2 Å². The molecule has 0 saturated heterocycles. The van der Waals surface area contributed by atoms with Crippen LogP contribution in [-0.2, 0) is 28.3 Å². The van der Waals surface area contributed by atoms with Crippen LogP contribution in [0.2, 0.25) is 0 Å². The summed E-state index contributed by atoms with van der Waals surface area (Å²) in [6.07, 6.45) is 0.350. The normalized spacial score (nSPS) is 11.6. The number of carbonyl (C=O) groups is 2. The van der Waals surface area contributed by atoms with Crippen LogP contribution < -0.4 is 5.32 Å². The molecule has 3 aromatic carbocycles. The number of nitrogens with zero attached hydrogens (tertiary/aromatic N) is 1. The zero-order chi connectivity index (χ0) is 24.5. The number of carbonyl (C=O) groups excluding carboxylic acids is 2. The summed E-state index contributed by atoms with van der Waals surface area (Å²) in [6.45, 7) is 4.14. The number of nitrogens with one attached hydrogen (secondary N) is 1. The number of hydrogen-bond donors (Lipinski definition) is 1. The zero-order valence-electron chi connectivity index (χ0n) is 19.9. The third kappa shape index (κ3) is 7.19. The SMILES string of the molecule is CNC(=O)[C@@H](Cc1ccccc1)N(Cc1ccccc1F)C(=O)CSCc1cc(C)cc(C)c1. The van der Waals surface area contributed by atoms with Crippen LogP contribution in [0, 0.1) is 19.7 Å². The quantitative estimate of drug-likeness (QED) is 0.443. The van der Waals surface area contributed by atoms with E-state index in [0.717, 1.165) is 11.1 Å². The van der Waals surface area contributed by atoms with Crippen LogP contribution in [-0.4, -0.2) is 35.6 Å². The molecule has 0 aliphatic rings. The van der Waals surface area contributed by atoms with Crippen molar-refractivity contribution in [3.8, 4) is 0 Å². The lowest BCUT2D eigenvalue weighted by molar-refractivity contribution is -0.139. The van der Waals surface area contributed by atoms with E-state index in [9.17, 15) is 14.0 Å². The predicted octanol–water partition coefficient (Wildman–Crippen LogP) is 5.06. The molecular weight excluding hydrogens is 447 g/mol. The summed E-state index contributed by atoms with van der Waals surface area (Å²) in [5, 5.41) is 2.68. The Morgan fingerprint density at radius 2 is 1.59 bits per heavy atom. The fourth-order valence-electron chi connectivity index (χ4n) is 4.02. The van der Waals surface area contributed by atoms with Gasteiger partial charge in [0, 0.05) is 31.3 Å². The average molecular weight is 479 g/mol. The molecule has 0 radical (unpaired) electrons. The van der Waals surface area contributed by atoms with Crippen molar-refractivity contribution >= 4 is 23.6 Å². The highest BCUT2D eigenvalue weighted by molar-refractivity contribution is 7.99. The Kier molecular flexibility index (Phi) is 9.28. The van der Waals surface area contributed by atoms with E-state index < -0.39 is 11.9 Å². The van der Waals surface area contributed by atoms with Crippen molar-refractivity contribution in [2.24, 2.45) is 0 Å². The lowest BCUT2D eigenvalue weighted by atomic mass is 10.0. The van der Waals surface area contributed by atoms with Gasteiger partial charge in [-0.15, -0.1) is 11.8 Å². The minimum atomic E-state index is -0.749. The average Bonchev–Trinajstić information content (AvgIpc) is 2.82. The lowest BCUT2D eigenvalue weighted by Crippen LogP contribution is -2.50. The van der Waals surface area contributed by atoms with Gasteiger partial charge in [-0.25, -0.2) is 4.39 Å². The molecule has 0 aromatic heterocycles. The standard InChI is InChI=1S/C28H31FN2O2S/c1-20-13-21(2)15-23(14-20)18-34-19-27(32)31(17-24-11-7-8-12-25(24)29)26(28(33)30-3)16-22-9-5-4-6-10-22/h4-15,26H,16-19H2,1-3H3,(H,30,33)/t26-/m1/s1. The summed E-state index contributed by atoms with van der Waals surface area (Å²) in [5.41, 5.74) is 4.85. The third-order valence-corrected chi connectivity index (χ3v) is 6.58. The van der Waals surface area contributed by atoms with Crippen molar-refractivity contribution in [1.29, 1.82) is 0 Å². The molecule has 34 heavy (non-hydrogen) atoms. The summed E-state index contributed by atoms with van der Waals surface area (Å²) in [7, 11) is 1.56. The highest BCUT2D eigenvalue weighted by Crippen LogP contribution is 2.20. The molecule has 1 atom stereocenters. The van der Waals surface area contributed by atoms with Gasteiger partial charge in [0.05, 0.1) is 5.75 Å². The second-order valence-electron chi connectivity index (χ2n) is 8.42. The maximum atomic E-state index is 14.5. The molecule has 6 heteroatoms. The topological polar surface area (TPSA) is 49.4 Å². The molecule has 1 N–H and O–H groups in total. The number of hydrogen-bond acceptors (Lipinski definition) is 3. The van der Waals surface area contributed by atoms with Crippen molar-refractivity contribution in [2.45, 2.75) is 38.6 Å². The molecule has 2 amide bonds. The molecule has 3 aromatic rings. The Balaban J connectivity index is 1.82. The predicted molar refractivity (Wildman–Crippen MR) is 137 cm³/mol. The van der Waals surface area contributed by atoms with Crippen molar-refractivity contribution in [2.75, 3.05) is 12.8 Å². The van der Waals surface area contributed by atoms with Gasteiger partial charge in [-0.2, -0.15) is 0 Å². The first-order valence-electron chi connectivity index (χ1n) is 11.3. The van der Waals surface area contributed by atoms with E-state index in [2.05, 4.69) is 37.4 Å². The fraction of sp³-hybridized carbons (Fsp3) is 0.286. The Hall–Kier alpha value is -3.12. The largest absolute Gasteiger partial charge is 0.357 e.